The van der Waals surface area contributed by atoms with E-state index in [-0.39, 0.29) is 28.0 Å². The Morgan fingerprint density at radius 1 is 1.13 bits per heavy atom. The highest BCUT2D eigenvalue weighted by Crippen LogP contribution is 2.24. The second-order valence-electron chi connectivity index (χ2n) is 5.08. The smallest absolute Gasteiger partial charge is 0.251 e. The third-order valence-electron chi connectivity index (χ3n) is 3.09. The van der Waals surface area contributed by atoms with E-state index in [4.69, 9.17) is 4.74 Å². The topological polar surface area (TPSA) is 102 Å². The number of ether oxygens (including phenoxy) is 1. The van der Waals surface area contributed by atoms with E-state index in [9.17, 15) is 18.0 Å². The standard InChI is InChI=1S/C15H22N2O5S/c1-11(18)16-8-4-5-9-17-15(19)12-6-7-13(22-2)14(10-12)23(3,20)21/h6-7,10H,4-5,8-9H2,1-3H3,(H,16,18)(H,17,19). The Morgan fingerprint density at radius 2 is 1.74 bits per heavy atom. The third-order valence-corrected chi connectivity index (χ3v) is 4.21. The van der Waals surface area contributed by atoms with Gasteiger partial charge in [-0.1, -0.05) is 0 Å². The van der Waals surface area contributed by atoms with Crippen molar-refractivity contribution in [2.75, 3.05) is 26.5 Å². The minimum Gasteiger partial charge on any atom is -0.495 e. The summed E-state index contributed by atoms with van der Waals surface area (Å²) in [6.07, 6.45) is 2.52. The van der Waals surface area contributed by atoms with Crippen LogP contribution < -0.4 is 15.4 Å². The quantitative estimate of drug-likeness (QED) is 0.679. The van der Waals surface area contributed by atoms with Crippen molar-refractivity contribution in [2.45, 2.75) is 24.7 Å². The highest BCUT2D eigenvalue weighted by Gasteiger charge is 2.17. The molecule has 0 fully saturated rings. The molecule has 0 aliphatic rings. The molecule has 0 spiro atoms. The van der Waals surface area contributed by atoms with Crippen molar-refractivity contribution in [1.82, 2.24) is 10.6 Å². The molecule has 0 aliphatic carbocycles. The van der Waals surface area contributed by atoms with Crippen molar-refractivity contribution in [1.29, 1.82) is 0 Å². The summed E-state index contributed by atoms with van der Waals surface area (Å²) in [4.78, 5) is 22.7. The predicted molar refractivity (Wildman–Crippen MR) is 86.4 cm³/mol. The van der Waals surface area contributed by atoms with E-state index < -0.39 is 9.84 Å². The van der Waals surface area contributed by atoms with Crippen LogP contribution in [0.1, 0.15) is 30.1 Å². The molecule has 2 amide bonds. The molecular weight excluding hydrogens is 320 g/mol. The number of benzene rings is 1. The molecule has 7 nitrogen and oxygen atoms in total. The third kappa shape index (κ3) is 6.27. The van der Waals surface area contributed by atoms with Gasteiger partial charge in [-0.05, 0) is 31.0 Å². The minimum absolute atomic E-state index is 0.0155. The molecule has 0 saturated heterocycles. The van der Waals surface area contributed by atoms with Crippen LogP contribution >= 0.6 is 0 Å². The zero-order valence-corrected chi connectivity index (χ0v) is 14.3. The van der Waals surface area contributed by atoms with Crippen molar-refractivity contribution < 1.29 is 22.7 Å². The van der Waals surface area contributed by atoms with Gasteiger partial charge >= 0.3 is 0 Å². The molecule has 0 saturated carbocycles. The summed E-state index contributed by atoms with van der Waals surface area (Å²) in [5, 5.41) is 5.39. The summed E-state index contributed by atoms with van der Waals surface area (Å²) in [6.45, 7) is 2.45. The van der Waals surface area contributed by atoms with E-state index in [1.54, 1.807) is 0 Å². The summed E-state index contributed by atoms with van der Waals surface area (Å²) in [5.41, 5.74) is 0.257. The molecule has 0 radical (unpaired) electrons. The van der Waals surface area contributed by atoms with Gasteiger partial charge in [-0.2, -0.15) is 0 Å². The van der Waals surface area contributed by atoms with Gasteiger partial charge in [0.05, 0.1) is 7.11 Å². The van der Waals surface area contributed by atoms with Gasteiger partial charge in [0.2, 0.25) is 5.91 Å². The fourth-order valence-corrected chi connectivity index (χ4v) is 2.78. The van der Waals surface area contributed by atoms with Crippen molar-refractivity contribution in [3.8, 4) is 5.75 Å². The van der Waals surface area contributed by atoms with Gasteiger partial charge in [-0.15, -0.1) is 0 Å². The molecule has 0 bridgehead atoms. The van der Waals surface area contributed by atoms with Crippen LogP contribution in [-0.2, 0) is 14.6 Å². The number of carbonyl (C=O) groups is 2. The number of sulfone groups is 1. The monoisotopic (exact) mass is 342 g/mol. The molecular formula is C15H22N2O5S. The minimum atomic E-state index is -3.49. The van der Waals surface area contributed by atoms with Crippen LogP contribution in [0.15, 0.2) is 23.1 Å². The Hall–Kier alpha value is -2.09. The average Bonchev–Trinajstić information content (AvgIpc) is 2.48. The zero-order valence-electron chi connectivity index (χ0n) is 13.5. The maximum Gasteiger partial charge on any atom is 0.251 e. The maximum absolute atomic E-state index is 12.0. The van der Waals surface area contributed by atoms with Gasteiger partial charge in [0, 0.05) is 31.8 Å². The fourth-order valence-electron chi connectivity index (χ4n) is 1.93. The first kappa shape index (κ1) is 19.0. The number of carbonyl (C=O) groups excluding carboxylic acids is 2. The average molecular weight is 342 g/mol. The van der Waals surface area contributed by atoms with Gasteiger partial charge < -0.3 is 15.4 Å². The lowest BCUT2D eigenvalue weighted by Gasteiger charge is -2.10. The maximum atomic E-state index is 12.0. The number of rotatable bonds is 8. The van der Waals surface area contributed by atoms with Crippen LogP contribution in [-0.4, -0.2) is 46.7 Å². The molecule has 1 aromatic carbocycles. The zero-order chi connectivity index (χ0) is 17.5. The lowest BCUT2D eigenvalue weighted by atomic mass is 10.2. The van der Waals surface area contributed by atoms with Crippen LogP contribution in [0.3, 0.4) is 0 Å². The Labute approximate surface area is 136 Å². The summed E-state index contributed by atoms with van der Waals surface area (Å²) in [6, 6.07) is 4.28. The normalized spacial score (nSPS) is 10.9. The van der Waals surface area contributed by atoms with Gasteiger partial charge in [-0.25, -0.2) is 8.42 Å². The number of hydrogen-bond acceptors (Lipinski definition) is 5. The molecule has 2 N–H and O–H groups in total. The summed E-state index contributed by atoms with van der Waals surface area (Å²) < 4.78 is 28.5. The summed E-state index contributed by atoms with van der Waals surface area (Å²) in [7, 11) is -2.11. The number of methoxy groups -OCH3 is 1. The molecule has 0 aromatic heterocycles. The van der Waals surface area contributed by atoms with Gasteiger partial charge in [0.25, 0.3) is 5.91 Å². The van der Waals surface area contributed by atoms with E-state index in [1.165, 1.54) is 32.2 Å². The van der Waals surface area contributed by atoms with Crippen molar-refractivity contribution in [3.05, 3.63) is 23.8 Å². The van der Waals surface area contributed by atoms with E-state index in [2.05, 4.69) is 10.6 Å². The Morgan fingerprint density at radius 3 is 2.26 bits per heavy atom. The molecule has 0 heterocycles. The fraction of sp³-hybridized carbons (Fsp3) is 0.467. The lowest BCUT2D eigenvalue weighted by Crippen LogP contribution is -2.26. The van der Waals surface area contributed by atoms with Crippen molar-refractivity contribution in [3.63, 3.8) is 0 Å². The number of amides is 2. The van der Waals surface area contributed by atoms with Crippen LogP contribution in [0.4, 0.5) is 0 Å². The number of nitrogens with one attached hydrogen (secondary N) is 2. The number of hydrogen-bond donors (Lipinski definition) is 2. The molecule has 0 unspecified atom stereocenters. The largest absolute Gasteiger partial charge is 0.495 e. The first-order chi connectivity index (χ1) is 10.8. The summed E-state index contributed by atoms with van der Waals surface area (Å²) >= 11 is 0. The molecule has 128 valence electrons. The summed E-state index contributed by atoms with van der Waals surface area (Å²) in [5.74, 6) is -0.225. The Bertz CT molecular complexity index is 670. The van der Waals surface area contributed by atoms with Gasteiger partial charge in [0.1, 0.15) is 10.6 Å². The second kappa shape index (κ2) is 8.52. The molecule has 23 heavy (non-hydrogen) atoms. The first-order valence-corrected chi connectivity index (χ1v) is 9.05. The van der Waals surface area contributed by atoms with Gasteiger partial charge in [0.15, 0.2) is 9.84 Å². The highest BCUT2D eigenvalue weighted by molar-refractivity contribution is 7.90. The van der Waals surface area contributed by atoms with Crippen LogP contribution in [0.5, 0.6) is 5.75 Å². The van der Waals surface area contributed by atoms with E-state index in [1.807, 2.05) is 0 Å². The van der Waals surface area contributed by atoms with Crippen molar-refractivity contribution >= 4 is 21.7 Å². The second-order valence-corrected chi connectivity index (χ2v) is 7.07. The van der Waals surface area contributed by atoms with Crippen molar-refractivity contribution in [2.24, 2.45) is 0 Å². The number of unbranched alkanes of at least 4 members (excludes halogenated alkanes) is 1. The predicted octanol–water partition coefficient (Wildman–Crippen LogP) is 0.745. The van der Waals surface area contributed by atoms with Gasteiger partial charge in [-0.3, -0.25) is 9.59 Å². The van der Waals surface area contributed by atoms with E-state index in [0.717, 1.165) is 12.7 Å². The van der Waals surface area contributed by atoms with E-state index >= 15 is 0 Å². The molecule has 1 aromatic rings. The SMILES string of the molecule is COc1ccc(C(=O)NCCCCNC(C)=O)cc1S(C)(=O)=O. The van der Waals surface area contributed by atoms with E-state index in [0.29, 0.717) is 19.5 Å². The Kier molecular flexibility index (Phi) is 7.02. The Balaban J connectivity index is 2.62. The lowest BCUT2D eigenvalue weighted by molar-refractivity contribution is -0.118. The highest BCUT2D eigenvalue weighted by atomic mass is 32.2. The molecule has 0 atom stereocenters. The van der Waals surface area contributed by atoms with Crippen LogP contribution in [0.25, 0.3) is 0 Å². The van der Waals surface area contributed by atoms with Crippen LogP contribution in [0.2, 0.25) is 0 Å². The van der Waals surface area contributed by atoms with Crippen LogP contribution in [0, 0.1) is 0 Å². The molecule has 0 aliphatic heterocycles. The molecule has 8 heteroatoms. The first-order valence-electron chi connectivity index (χ1n) is 7.16. The molecule has 1 rings (SSSR count).